The van der Waals surface area contributed by atoms with Gasteiger partial charge < -0.3 is 10.4 Å². The van der Waals surface area contributed by atoms with Crippen molar-refractivity contribution in [3.05, 3.63) is 29.3 Å². The van der Waals surface area contributed by atoms with Crippen LogP contribution in [0.2, 0.25) is 0 Å². The van der Waals surface area contributed by atoms with Gasteiger partial charge in [-0.05, 0) is 32.4 Å². The molecule has 2 N–H and O–H groups in total. The third-order valence-corrected chi connectivity index (χ3v) is 2.26. The van der Waals surface area contributed by atoms with Gasteiger partial charge in [-0.15, -0.1) is 0 Å². The van der Waals surface area contributed by atoms with Crippen LogP contribution in [-0.2, 0) is 0 Å². The summed E-state index contributed by atoms with van der Waals surface area (Å²) in [6.07, 6.45) is -0.180. The minimum atomic E-state index is -0.806. The van der Waals surface area contributed by atoms with Crippen molar-refractivity contribution >= 4 is 5.69 Å². The molecule has 0 aromatic heterocycles. The van der Waals surface area contributed by atoms with Gasteiger partial charge in [0.05, 0.1) is 17.7 Å². The Labute approximate surface area is 98.7 Å². The van der Waals surface area contributed by atoms with E-state index in [-0.39, 0.29) is 17.3 Å². The van der Waals surface area contributed by atoms with Crippen molar-refractivity contribution in [2.24, 2.45) is 0 Å². The molecule has 92 valence electrons. The highest BCUT2D eigenvalue weighted by molar-refractivity contribution is 5.50. The number of rotatable bonds is 4. The molecule has 0 aliphatic rings. The van der Waals surface area contributed by atoms with Gasteiger partial charge in [-0.3, -0.25) is 0 Å². The molecule has 0 aliphatic heterocycles. The van der Waals surface area contributed by atoms with Gasteiger partial charge in [0, 0.05) is 6.04 Å². The van der Waals surface area contributed by atoms with Gasteiger partial charge in [0.25, 0.3) is 0 Å². The highest BCUT2D eigenvalue weighted by atomic mass is 19.1. The fourth-order valence-corrected chi connectivity index (χ4v) is 1.59. The van der Waals surface area contributed by atoms with Gasteiger partial charge in [-0.2, -0.15) is 5.26 Å². The molecule has 0 saturated heterocycles. The Morgan fingerprint density at radius 3 is 2.29 bits per heavy atom. The zero-order valence-corrected chi connectivity index (χ0v) is 9.67. The van der Waals surface area contributed by atoms with E-state index in [1.165, 1.54) is 0 Å². The van der Waals surface area contributed by atoms with Crippen molar-refractivity contribution < 1.29 is 13.9 Å². The third kappa shape index (κ3) is 3.68. The number of nitrogens with zero attached hydrogens (tertiary/aromatic N) is 1. The molecule has 1 rings (SSSR count). The Morgan fingerprint density at radius 2 is 1.88 bits per heavy atom. The summed E-state index contributed by atoms with van der Waals surface area (Å²) in [5.41, 5.74) is -0.328. The largest absolute Gasteiger partial charge is 0.393 e. The zero-order valence-electron chi connectivity index (χ0n) is 9.67. The lowest BCUT2D eigenvalue weighted by Gasteiger charge is -2.17. The first-order valence-electron chi connectivity index (χ1n) is 5.27. The fraction of sp³-hybridized carbons (Fsp3) is 0.417. The average molecular weight is 240 g/mol. The predicted octanol–water partition coefficient (Wildman–Crippen LogP) is 2.41. The normalized spacial score (nSPS) is 13.9. The molecule has 0 bridgehead atoms. The van der Waals surface area contributed by atoms with Gasteiger partial charge in [-0.1, -0.05) is 0 Å². The van der Waals surface area contributed by atoms with E-state index in [1.807, 2.05) is 0 Å². The van der Waals surface area contributed by atoms with Crippen LogP contribution in [0.1, 0.15) is 25.8 Å². The van der Waals surface area contributed by atoms with Gasteiger partial charge in [0.2, 0.25) is 0 Å². The van der Waals surface area contributed by atoms with E-state index in [4.69, 9.17) is 10.4 Å². The highest BCUT2D eigenvalue weighted by Crippen LogP contribution is 2.22. The number of hydrogen-bond acceptors (Lipinski definition) is 3. The lowest BCUT2D eigenvalue weighted by atomic mass is 10.1. The first-order chi connectivity index (χ1) is 7.93. The van der Waals surface area contributed by atoms with E-state index >= 15 is 0 Å². The van der Waals surface area contributed by atoms with Crippen LogP contribution in [-0.4, -0.2) is 17.3 Å². The SMILES string of the molecule is CC(O)CC(C)Nc1c(F)cc(C#N)cc1F. The number of anilines is 1. The minimum Gasteiger partial charge on any atom is -0.393 e. The Balaban J connectivity index is 2.89. The molecule has 0 aliphatic carbocycles. The summed E-state index contributed by atoms with van der Waals surface area (Å²) in [5.74, 6) is -1.61. The maximum absolute atomic E-state index is 13.5. The Bertz CT molecular complexity index is 418. The second-order valence-electron chi connectivity index (χ2n) is 4.06. The Hall–Kier alpha value is -1.67. The third-order valence-electron chi connectivity index (χ3n) is 2.26. The molecule has 0 amide bonds. The lowest BCUT2D eigenvalue weighted by Crippen LogP contribution is -2.22. The molecular formula is C12H14F2N2O. The van der Waals surface area contributed by atoms with Crippen molar-refractivity contribution in [2.45, 2.75) is 32.4 Å². The molecular weight excluding hydrogens is 226 g/mol. The molecule has 17 heavy (non-hydrogen) atoms. The van der Waals surface area contributed by atoms with Crippen LogP contribution in [0.15, 0.2) is 12.1 Å². The van der Waals surface area contributed by atoms with Crippen molar-refractivity contribution in [2.75, 3.05) is 5.32 Å². The number of nitrogens with one attached hydrogen (secondary N) is 1. The minimum absolute atomic E-state index is 0.0614. The number of aliphatic hydroxyl groups is 1. The van der Waals surface area contributed by atoms with Crippen LogP contribution in [0.5, 0.6) is 0 Å². The second-order valence-corrected chi connectivity index (χ2v) is 4.06. The van der Waals surface area contributed by atoms with E-state index < -0.39 is 17.7 Å². The van der Waals surface area contributed by atoms with E-state index in [1.54, 1.807) is 19.9 Å². The summed E-state index contributed by atoms with van der Waals surface area (Å²) < 4.78 is 27.0. The highest BCUT2D eigenvalue weighted by Gasteiger charge is 2.14. The maximum atomic E-state index is 13.5. The first kappa shape index (κ1) is 13.4. The second kappa shape index (κ2) is 5.60. The van der Waals surface area contributed by atoms with Crippen molar-refractivity contribution in [1.82, 2.24) is 0 Å². The topological polar surface area (TPSA) is 56.0 Å². The van der Waals surface area contributed by atoms with E-state index in [2.05, 4.69) is 5.32 Å². The van der Waals surface area contributed by atoms with Crippen LogP contribution >= 0.6 is 0 Å². The number of nitriles is 1. The molecule has 5 heteroatoms. The van der Waals surface area contributed by atoms with Crippen LogP contribution in [0.25, 0.3) is 0 Å². The zero-order chi connectivity index (χ0) is 13.0. The number of benzene rings is 1. The van der Waals surface area contributed by atoms with Gasteiger partial charge in [0.1, 0.15) is 5.69 Å². The summed E-state index contributed by atoms with van der Waals surface area (Å²) in [6, 6.07) is 3.35. The molecule has 3 nitrogen and oxygen atoms in total. The van der Waals surface area contributed by atoms with Gasteiger partial charge in [-0.25, -0.2) is 8.78 Å². The molecule has 0 fully saturated rings. The Morgan fingerprint density at radius 1 is 1.35 bits per heavy atom. The number of halogens is 2. The Kier molecular flexibility index (Phi) is 4.41. The summed E-state index contributed by atoms with van der Waals surface area (Å²) in [5, 5.41) is 20.3. The maximum Gasteiger partial charge on any atom is 0.150 e. The average Bonchev–Trinajstić information content (AvgIpc) is 2.22. The first-order valence-corrected chi connectivity index (χ1v) is 5.27. The molecule has 2 unspecified atom stereocenters. The predicted molar refractivity (Wildman–Crippen MR) is 60.5 cm³/mol. The molecule has 2 atom stereocenters. The van der Waals surface area contributed by atoms with Gasteiger partial charge >= 0.3 is 0 Å². The quantitative estimate of drug-likeness (QED) is 0.849. The molecule has 1 aromatic rings. The molecule has 0 radical (unpaired) electrons. The monoisotopic (exact) mass is 240 g/mol. The van der Waals surface area contributed by atoms with Crippen LogP contribution in [0.3, 0.4) is 0 Å². The van der Waals surface area contributed by atoms with Crippen molar-refractivity contribution in [3.63, 3.8) is 0 Å². The standard InChI is InChI=1S/C12H14F2N2O/c1-7(3-8(2)17)16-12-10(13)4-9(6-15)5-11(12)14/h4-5,7-8,16-17H,3H2,1-2H3. The van der Waals surface area contributed by atoms with E-state index in [9.17, 15) is 8.78 Å². The van der Waals surface area contributed by atoms with Crippen LogP contribution < -0.4 is 5.32 Å². The van der Waals surface area contributed by atoms with E-state index in [0.29, 0.717) is 6.42 Å². The van der Waals surface area contributed by atoms with Gasteiger partial charge in [0.15, 0.2) is 11.6 Å². The molecule has 1 aromatic carbocycles. The van der Waals surface area contributed by atoms with E-state index in [0.717, 1.165) is 12.1 Å². The van der Waals surface area contributed by atoms with Crippen LogP contribution in [0, 0.1) is 23.0 Å². The summed E-state index contributed by atoms with van der Waals surface area (Å²) >= 11 is 0. The lowest BCUT2D eigenvalue weighted by molar-refractivity contribution is 0.179. The van der Waals surface area contributed by atoms with Crippen LogP contribution in [0.4, 0.5) is 14.5 Å². The number of aliphatic hydroxyl groups excluding tert-OH is 1. The molecule has 0 spiro atoms. The number of hydrogen-bond donors (Lipinski definition) is 2. The van der Waals surface area contributed by atoms with Crippen molar-refractivity contribution in [1.29, 1.82) is 5.26 Å². The molecule has 0 heterocycles. The summed E-state index contributed by atoms with van der Waals surface area (Å²) in [4.78, 5) is 0. The fourth-order valence-electron chi connectivity index (χ4n) is 1.59. The summed E-state index contributed by atoms with van der Waals surface area (Å²) in [6.45, 7) is 3.31. The summed E-state index contributed by atoms with van der Waals surface area (Å²) in [7, 11) is 0. The molecule has 0 saturated carbocycles. The smallest absolute Gasteiger partial charge is 0.150 e. The van der Waals surface area contributed by atoms with Crippen molar-refractivity contribution in [3.8, 4) is 6.07 Å².